The van der Waals surface area contributed by atoms with Crippen LogP contribution in [0, 0.1) is 6.92 Å². The quantitative estimate of drug-likeness (QED) is 0.935. The summed E-state index contributed by atoms with van der Waals surface area (Å²) in [4.78, 5) is 20.0. The maximum Gasteiger partial charge on any atom is 0.237 e. The minimum absolute atomic E-state index is 0.0214. The number of carbonyl (C=O) groups excluding carboxylic acids is 1. The summed E-state index contributed by atoms with van der Waals surface area (Å²) in [5.74, 6) is 0.139. The first-order valence-electron chi connectivity index (χ1n) is 8.07. The molecule has 2 atom stereocenters. The lowest BCUT2D eigenvalue weighted by Gasteiger charge is -2.22. The molecule has 2 heterocycles. The number of amides is 1. The third kappa shape index (κ3) is 3.46. The largest absolute Gasteiger partial charge is 0.348 e. The van der Waals surface area contributed by atoms with E-state index in [0.29, 0.717) is 0 Å². The highest BCUT2D eigenvalue weighted by Gasteiger charge is 2.28. The molecule has 1 aliphatic rings. The van der Waals surface area contributed by atoms with Crippen molar-refractivity contribution in [1.82, 2.24) is 15.2 Å². The molecule has 1 amide bonds. The second-order valence-electron chi connectivity index (χ2n) is 6.26. The number of hydrogen-bond acceptors (Lipinski definition) is 4. The summed E-state index contributed by atoms with van der Waals surface area (Å²) in [7, 11) is 2.02. The number of likely N-dealkylation sites (N-methyl/N-ethyl adjacent to an activating group) is 1. The molecular formula is C18H23N3OS. The molecule has 1 saturated heterocycles. The van der Waals surface area contributed by atoms with Gasteiger partial charge in [0, 0.05) is 0 Å². The van der Waals surface area contributed by atoms with Crippen LogP contribution in [-0.4, -0.2) is 35.4 Å². The first-order valence-corrected chi connectivity index (χ1v) is 8.95. The molecule has 1 fully saturated rings. The molecule has 2 aromatic rings. The number of benzene rings is 1. The van der Waals surface area contributed by atoms with Gasteiger partial charge in [0.2, 0.25) is 5.91 Å². The molecule has 4 nitrogen and oxygen atoms in total. The van der Waals surface area contributed by atoms with E-state index < -0.39 is 0 Å². The number of nitrogens with zero attached hydrogens (tertiary/aromatic N) is 2. The third-order valence-corrected chi connectivity index (χ3v) is 5.58. The Hall–Kier alpha value is -1.72. The zero-order chi connectivity index (χ0) is 16.4. The monoisotopic (exact) mass is 329 g/mol. The summed E-state index contributed by atoms with van der Waals surface area (Å²) in [6, 6.07) is 8.46. The molecule has 3 rings (SSSR count). The molecule has 2 unspecified atom stereocenters. The van der Waals surface area contributed by atoms with Crippen LogP contribution in [0.4, 0.5) is 0 Å². The second kappa shape index (κ2) is 6.81. The standard InChI is InChI=1S/C18H23N3OS/c1-12(20-18(22)16-5-4-10-21(16)3)14-6-8-15(9-7-14)17-13(2)19-11-23-17/h6-9,11-12,16H,4-5,10H2,1-3H3,(H,20,22). The number of aryl methyl sites for hydroxylation is 1. The predicted molar refractivity (Wildman–Crippen MR) is 94.5 cm³/mol. The van der Waals surface area contributed by atoms with Gasteiger partial charge < -0.3 is 5.32 Å². The van der Waals surface area contributed by atoms with E-state index in [1.54, 1.807) is 11.3 Å². The average molecular weight is 329 g/mol. The van der Waals surface area contributed by atoms with Gasteiger partial charge in [-0.1, -0.05) is 24.3 Å². The fourth-order valence-electron chi connectivity index (χ4n) is 3.14. The van der Waals surface area contributed by atoms with Crippen molar-refractivity contribution in [2.45, 2.75) is 38.8 Å². The summed E-state index contributed by atoms with van der Waals surface area (Å²) in [5.41, 5.74) is 5.25. The van der Waals surface area contributed by atoms with E-state index in [1.165, 1.54) is 10.4 Å². The molecular weight excluding hydrogens is 306 g/mol. The van der Waals surface area contributed by atoms with Gasteiger partial charge in [-0.25, -0.2) is 4.98 Å². The minimum Gasteiger partial charge on any atom is -0.348 e. The highest BCUT2D eigenvalue weighted by molar-refractivity contribution is 7.13. The number of hydrogen-bond donors (Lipinski definition) is 1. The highest BCUT2D eigenvalue weighted by Crippen LogP contribution is 2.28. The van der Waals surface area contributed by atoms with Crippen molar-refractivity contribution in [3.8, 4) is 10.4 Å². The number of carbonyl (C=O) groups is 1. The third-order valence-electron chi connectivity index (χ3n) is 4.60. The van der Waals surface area contributed by atoms with Crippen LogP contribution in [0.15, 0.2) is 29.8 Å². The molecule has 0 aliphatic carbocycles. The zero-order valence-electron chi connectivity index (χ0n) is 13.9. The van der Waals surface area contributed by atoms with Crippen LogP contribution in [0.2, 0.25) is 0 Å². The fraction of sp³-hybridized carbons (Fsp3) is 0.444. The normalized spacial score (nSPS) is 19.7. The fourth-order valence-corrected chi connectivity index (χ4v) is 3.95. The van der Waals surface area contributed by atoms with E-state index in [2.05, 4.69) is 39.5 Å². The lowest BCUT2D eigenvalue weighted by atomic mass is 10.0. The number of thiazole rings is 1. The van der Waals surface area contributed by atoms with Gasteiger partial charge in [0.15, 0.2) is 0 Å². The van der Waals surface area contributed by atoms with E-state index in [9.17, 15) is 4.79 Å². The Kier molecular flexibility index (Phi) is 4.78. The smallest absolute Gasteiger partial charge is 0.237 e. The summed E-state index contributed by atoms with van der Waals surface area (Å²) in [6.45, 7) is 5.08. The van der Waals surface area contributed by atoms with Crippen molar-refractivity contribution in [2.75, 3.05) is 13.6 Å². The van der Waals surface area contributed by atoms with Gasteiger partial charge >= 0.3 is 0 Å². The Bertz CT molecular complexity index is 680. The lowest BCUT2D eigenvalue weighted by molar-refractivity contribution is -0.125. The van der Waals surface area contributed by atoms with E-state index in [1.807, 2.05) is 26.4 Å². The molecule has 122 valence electrons. The van der Waals surface area contributed by atoms with Gasteiger partial charge in [-0.2, -0.15) is 0 Å². The lowest BCUT2D eigenvalue weighted by Crippen LogP contribution is -2.42. The zero-order valence-corrected chi connectivity index (χ0v) is 14.7. The van der Waals surface area contributed by atoms with E-state index in [4.69, 9.17) is 0 Å². The first kappa shape index (κ1) is 16.1. The minimum atomic E-state index is 0.0214. The second-order valence-corrected chi connectivity index (χ2v) is 7.11. The van der Waals surface area contributed by atoms with Gasteiger partial charge in [0.1, 0.15) is 0 Å². The molecule has 1 N–H and O–H groups in total. The number of nitrogens with one attached hydrogen (secondary N) is 1. The summed E-state index contributed by atoms with van der Waals surface area (Å²) in [5, 5.41) is 3.14. The Labute approximate surface area is 141 Å². The SMILES string of the molecule is Cc1ncsc1-c1ccc(C(C)NC(=O)C2CCCN2C)cc1. The summed E-state index contributed by atoms with van der Waals surface area (Å²) < 4.78 is 0. The molecule has 1 aliphatic heterocycles. The van der Waals surface area contributed by atoms with Crippen LogP contribution in [-0.2, 0) is 4.79 Å². The molecule has 1 aromatic carbocycles. The Balaban J connectivity index is 1.67. The van der Waals surface area contributed by atoms with Crippen LogP contribution in [0.5, 0.6) is 0 Å². The predicted octanol–water partition coefficient (Wildman–Crippen LogP) is 3.39. The van der Waals surface area contributed by atoms with E-state index in [-0.39, 0.29) is 18.0 Å². The van der Waals surface area contributed by atoms with Crippen molar-refractivity contribution in [1.29, 1.82) is 0 Å². The van der Waals surface area contributed by atoms with Gasteiger partial charge in [0.05, 0.1) is 28.2 Å². The maximum atomic E-state index is 12.4. The first-order chi connectivity index (χ1) is 11.1. The van der Waals surface area contributed by atoms with Crippen molar-refractivity contribution >= 4 is 17.2 Å². The van der Waals surface area contributed by atoms with E-state index in [0.717, 1.165) is 30.6 Å². The number of aromatic nitrogens is 1. The highest BCUT2D eigenvalue weighted by atomic mass is 32.1. The van der Waals surface area contributed by atoms with Gasteiger partial charge in [-0.05, 0) is 51.4 Å². The molecule has 5 heteroatoms. The van der Waals surface area contributed by atoms with Gasteiger partial charge in [0.25, 0.3) is 0 Å². The number of likely N-dealkylation sites (tertiary alicyclic amines) is 1. The average Bonchev–Trinajstić information content (AvgIpc) is 3.15. The summed E-state index contributed by atoms with van der Waals surface area (Å²) in [6.07, 6.45) is 2.06. The molecule has 0 spiro atoms. The number of rotatable bonds is 4. The molecule has 1 aromatic heterocycles. The molecule has 0 saturated carbocycles. The van der Waals surface area contributed by atoms with Crippen LogP contribution in [0.1, 0.15) is 37.1 Å². The van der Waals surface area contributed by atoms with E-state index >= 15 is 0 Å². The van der Waals surface area contributed by atoms with Gasteiger partial charge in [-0.15, -0.1) is 11.3 Å². The van der Waals surface area contributed by atoms with Crippen molar-refractivity contribution in [3.63, 3.8) is 0 Å². The van der Waals surface area contributed by atoms with Crippen LogP contribution in [0.3, 0.4) is 0 Å². The molecule has 0 radical (unpaired) electrons. The maximum absolute atomic E-state index is 12.4. The van der Waals surface area contributed by atoms with Crippen LogP contribution < -0.4 is 5.32 Å². The molecule has 23 heavy (non-hydrogen) atoms. The van der Waals surface area contributed by atoms with Crippen LogP contribution in [0.25, 0.3) is 10.4 Å². The summed E-state index contributed by atoms with van der Waals surface area (Å²) >= 11 is 1.66. The molecule has 0 bridgehead atoms. The van der Waals surface area contributed by atoms with Crippen LogP contribution >= 0.6 is 11.3 Å². The van der Waals surface area contributed by atoms with Gasteiger partial charge in [-0.3, -0.25) is 9.69 Å². The topological polar surface area (TPSA) is 45.2 Å². The van der Waals surface area contributed by atoms with Crippen molar-refractivity contribution in [2.24, 2.45) is 0 Å². The Morgan fingerprint density at radius 2 is 2.13 bits per heavy atom. The Morgan fingerprint density at radius 3 is 2.70 bits per heavy atom. The Morgan fingerprint density at radius 1 is 1.39 bits per heavy atom. The van der Waals surface area contributed by atoms with Crippen molar-refractivity contribution in [3.05, 3.63) is 41.0 Å². The van der Waals surface area contributed by atoms with Crippen molar-refractivity contribution < 1.29 is 4.79 Å².